The maximum Gasteiger partial charge on any atom is 0.354 e. The van der Waals surface area contributed by atoms with E-state index in [-0.39, 0.29) is 24.2 Å². The van der Waals surface area contributed by atoms with Crippen LogP contribution in [0.5, 0.6) is 0 Å². The second kappa shape index (κ2) is 6.44. The molecule has 2 heterocycles. The molecule has 0 saturated carbocycles. The quantitative estimate of drug-likeness (QED) is 0.388. The number of rotatable bonds is 6. The van der Waals surface area contributed by atoms with Gasteiger partial charge >= 0.3 is 5.69 Å². The predicted octanol–water partition coefficient (Wildman–Crippen LogP) is 0.412. The van der Waals surface area contributed by atoms with Gasteiger partial charge in [-0.2, -0.15) is 0 Å². The highest BCUT2D eigenvalue weighted by Crippen LogP contribution is 2.36. The topological polar surface area (TPSA) is 130 Å². The predicted molar refractivity (Wildman–Crippen MR) is 73.2 cm³/mol. The first-order valence-corrected chi connectivity index (χ1v) is 6.52. The van der Waals surface area contributed by atoms with Crippen molar-refractivity contribution in [1.29, 1.82) is 0 Å². The van der Waals surface area contributed by atoms with E-state index in [1.54, 1.807) is 0 Å². The van der Waals surface area contributed by atoms with Crippen molar-refractivity contribution in [3.63, 3.8) is 0 Å². The number of hydrogen-bond acceptors (Lipinski definition) is 8. The minimum atomic E-state index is -0.522. The molecule has 1 aliphatic heterocycles. The molecule has 0 radical (unpaired) electrons. The Labute approximate surface area is 115 Å². The van der Waals surface area contributed by atoms with Gasteiger partial charge in [0.1, 0.15) is 6.33 Å². The number of aromatic nitrogens is 2. The number of nitrogen functional groups attached to an aromatic ring is 1. The zero-order chi connectivity index (χ0) is 14.5. The molecule has 4 N–H and O–H groups in total. The third kappa shape index (κ3) is 2.78. The smallest absolute Gasteiger partial charge is 0.354 e. The lowest BCUT2D eigenvalue weighted by Gasteiger charge is -2.25. The Morgan fingerprint density at radius 2 is 2.40 bits per heavy atom. The highest BCUT2D eigenvalue weighted by molar-refractivity contribution is 5.70. The van der Waals surface area contributed by atoms with Gasteiger partial charge in [0.05, 0.1) is 4.92 Å². The van der Waals surface area contributed by atoms with E-state index >= 15 is 0 Å². The fourth-order valence-electron chi connectivity index (χ4n) is 2.59. The van der Waals surface area contributed by atoms with Gasteiger partial charge in [0, 0.05) is 19.2 Å². The molecule has 9 nitrogen and oxygen atoms in total. The molecule has 1 aromatic heterocycles. The van der Waals surface area contributed by atoms with Gasteiger partial charge < -0.3 is 15.4 Å². The molecule has 0 aromatic carbocycles. The number of nitrogens with two attached hydrogens (primary N) is 1. The maximum absolute atomic E-state index is 11.2. The molecule has 110 valence electrons. The Kier molecular flexibility index (Phi) is 4.64. The van der Waals surface area contributed by atoms with Crippen LogP contribution in [0, 0.1) is 10.1 Å². The van der Waals surface area contributed by atoms with Crippen LogP contribution in [-0.2, 0) is 0 Å². The minimum absolute atomic E-state index is 0.00723. The van der Waals surface area contributed by atoms with E-state index in [0.29, 0.717) is 18.8 Å². The molecule has 0 spiro atoms. The van der Waals surface area contributed by atoms with Crippen LogP contribution in [0.4, 0.5) is 17.3 Å². The molecule has 1 atom stereocenters. The Hall–Kier alpha value is -2.00. The van der Waals surface area contributed by atoms with Crippen LogP contribution in [0.25, 0.3) is 0 Å². The highest BCUT2D eigenvalue weighted by Gasteiger charge is 2.33. The second-order valence-corrected chi connectivity index (χ2v) is 4.65. The first-order valence-electron chi connectivity index (χ1n) is 6.52. The number of nitrogens with one attached hydrogen (secondary N) is 1. The van der Waals surface area contributed by atoms with Crippen LogP contribution in [0.1, 0.15) is 25.7 Å². The summed E-state index contributed by atoms with van der Waals surface area (Å²) in [5.41, 5.74) is 2.04. The number of nitrogens with zero attached hydrogens (tertiary/aromatic N) is 4. The number of anilines is 2. The molecule has 0 bridgehead atoms. The average Bonchev–Trinajstić information content (AvgIpc) is 2.92. The molecule has 1 aromatic rings. The molecule has 1 fully saturated rings. The third-order valence-corrected chi connectivity index (χ3v) is 3.47. The number of hydrogen-bond donors (Lipinski definition) is 3. The summed E-state index contributed by atoms with van der Waals surface area (Å²) in [5.74, 6) is 5.57. The third-order valence-electron chi connectivity index (χ3n) is 3.47. The van der Waals surface area contributed by atoms with E-state index in [2.05, 4.69) is 15.4 Å². The number of aliphatic hydroxyl groups excluding tert-OH is 1. The lowest BCUT2D eigenvalue weighted by molar-refractivity contribution is -0.383. The van der Waals surface area contributed by atoms with Gasteiger partial charge in [-0.3, -0.25) is 10.1 Å². The number of aliphatic hydroxyl groups is 1. The second-order valence-electron chi connectivity index (χ2n) is 4.65. The molecule has 1 aliphatic rings. The van der Waals surface area contributed by atoms with E-state index in [4.69, 9.17) is 10.9 Å². The lowest BCUT2D eigenvalue weighted by Crippen LogP contribution is -2.31. The largest absolute Gasteiger partial charge is 0.396 e. The van der Waals surface area contributed by atoms with E-state index in [9.17, 15) is 10.1 Å². The zero-order valence-corrected chi connectivity index (χ0v) is 11.0. The summed E-state index contributed by atoms with van der Waals surface area (Å²) in [7, 11) is 0. The van der Waals surface area contributed by atoms with Crippen molar-refractivity contribution in [2.45, 2.75) is 31.7 Å². The van der Waals surface area contributed by atoms with Crippen LogP contribution in [-0.4, -0.2) is 39.2 Å². The van der Waals surface area contributed by atoms with Gasteiger partial charge in [0.25, 0.3) is 0 Å². The minimum Gasteiger partial charge on any atom is -0.396 e. The summed E-state index contributed by atoms with van der Waals surface area (Å²) in [4.78, 5) is 20.5. The molecular formula is C11H18N6O3. The van der Waals surface area contributed by atoms with Crippen molar-refractivity contribution in [3.05, 3.63) is 16.4 Å². The van der Waals surface area contributed by atoms with Crippen molar-refractivity contribution in [3.8, 4) is 0 Å². The number of nitro groups is 1. The first kappa shape index (κ1) is 14.4. The summed E-state index contributed by atoms with van der Waals surface area (Å²) in [5, 5.41) is 20.2. The van der Waals surface area contributed by atoms with Gasteiger partial charge in [-0.05, 0) is 25.7 Å². The van der Waals surface area contributed by atoms with Crippen LogP contribution >= 0.6 is 0 Å². The van der Waals surface area contributed by atoms with E-state index in [1.165, 1.54) is 6.33 Å². The highest BCUT2D eigenvalue weighted by atomic mass is 16.6. The standard InChI is InChI=1S/C11H18N6O3/c12-15-10-9(17(19)20)11(14-7-13-10)16-5-1-3-8(16)4-2-6-18/h7-8,18H,1-6,12H2,(H,13,14,15). The monoisotopic (exact) mass is 282 g/mol. The van der Waals surface area contributed by atoms with E-state index < -0.39 is 4.92 Å². The van der Waals surface area contributed by atoms with Gasteiger partial charge in [0.2, 0.25) is 11.6 Å². The summed E-state index contributed by atoms with van der Waals surface area (Å²) < 4.78 is 0. The Bertz CT molecular complexity index is 483. The van der Waals surface area contributed by atoms with E-state index in [0.717, 1.165) is 19.3 Å². The summed E-state index contributed by atoms with van der Waals surface area (Å²) in [6.07, 6.45) is 4.60. The molecule has 1 unspecified atom stereocenters. The SMILES string of the molecule is NNc1ncnc(N2CCCC2CCCO)c1[N+](=O)[O-]. The molecule has 1 saturated heterocycles. The van der Waals surface area contributed by atoms with Crippen molar-refractivity contribution < 1.29 is 10.0 Å². The van der Waals surface area contributed by atoms with Gasteiger partial charge in [0.15, 0.2) is 0 Å². The van der Waals surface area contributed by atoms with Gasteiger partial charge in [-0.15, -0.1) is 0 Å². The summed E-state index contributed by atoms with van der Waals surface area (Å²) in [6, 6.07) is 0.154. The Morgan fingerprint density at radius 3 is 3.05 bits per heavy atom. The van der Waals surface area contributed by atoms with Crippen LogP contribution < -0.4 is 16.2 Å². The first-order chi connectivity index (χ1) is 9.69. The maximum atomic E-state index is 11.2. The van der Waals surface area contributed by atoms with Crippen LogP contribution in [0.3, 0.4) is 0 Å². The molecule has 0 amide bonds. The fourth-order valence-corrected chi connectivity index (χ4v) is 2.59. The fraction of sp³-hybridized carbons (Fsp3) is 0.636. The van der Waals surface area contributed by atoms with Crippen LogP contribution in [0.2, 0.25) is 0 Å². The van der Waals surface area contributed by atoms with Gasteiger partial charge in [-0.25, -0.2) is 15.8 Å². The van der Waals surface area contributed by atoms with E-state index in [1.807, 2.05) is 4.90 Å². The molecule has 0 aliphatic carbocycles. The number of hydrazine groups is 1. The Morgan fingerprint density at radius 1 is 1.60 bits per heavy atom. The molecule has 9 heteroatoms. The van der Waals surface area contributed by atoms with Crippen LogP contribution in [0.15, 0.2) is 6.33 Å². The van der Waals surface area contributed by atoms with Crippen molar-refractivity contribution in [1.82, 2.24) is 9.97 Å². The van der Waals surface area contributed by atoms with Crippen molar-refractivity contribution >= 4 is 17.3 Å². The average molecular weight is 282 g/mol. The molecule has 2 rings (SSSR count). The summed E-state index contributed by atoms with van der Waals surface area (Å²) in [6.45, 7) is 0.823. The van der Waals surface area contributed by atoms with Crippen molar-refractivity contribution in [2.24, 2.45) is 5.84 Å². The Balaban J connectivity index is 2.33. The lowest BCUT2D eigenvalue weighted by atomic mass is 10.1. The normalized spacial score (nSPS) is 18.3. The molecule has 20 heavy (non-hydrogen) atoms. The summed E-state index contributed by atoms with van der Waals surface area (Å²) >= 11 is 0. The van der Waals surface area contributed by atoms with Gasteiger partial charge in [-0.1, -0.05) is 0 Å². The molecular weight excluding hydrogens is 264 g/mol. The van der Waals surface area contributed by atoms with Crippen molar-refractivity contribution in [2.75, 3.05) is 23.5 Å². The zero-order valence-electron chi connectivity index (χ0n) is 11.0.